The number of carbonyl (C=O) groups is 2. The maximum atomic E-state index is 12.4. The van der Waals surface area contributed by atoms with Crippen LogP contribution in [0.4, 0.5) is 0 Å². The lowest BCUT2D eigenvalue weighted by Gasteiger charge is -2.25. The largest absolute Gasteiger partial charge is 0.459 e. The number of ether oxygens (including phenoxy) is 1. The second kappa shape index (κ2) is 7.51. The maximum Gasteiger partial charge on any atom is 0.326 e. The smallest absolute Gasteiger partial charge is 0.326 e. The predicted octanol–water partition coefficient (Wildman–Crippen LogP) is 1.49. The lowest BCUT2D eigenvalue weighted by atomic mass is 10.2. The highest BCUT2D eigenvalue weighted by atomic mass is 32.1. The Morgan fingerprint density at radius 2 is 1.95 bits per heavy atom. The van der Waals surface area contributed by atoms with Gasteiger partial charge in [0.25, 0.3) is 5.91 Å². The Morgan fingerprint density at radius 3 is 2.43 bits per heavy atom. The van der Waals surface area contributed by atoms with Gasteiger partial charge in [0.05, 0.1) is 5.51 Å². The molecule has 1 amide bonds. The summed E-state index contributed by atoms with van der Waals surface area (Å²) in [5, 5.41) is 1.68. The second-order valence-electron chi connectivity index (χ2n) is 5.99. The third kappa shape index (κ3) is 6.68. The molecule has 118 valence electrons. The Kier molecular flexibility index (Phi) is 6.29. The van der Waals surface area contributed by atoms with Crippen molar-refractivity contribution in [3.05, 3.63) is 16.6 Å². The molecule has 0 saturated carbocycles. The lowest BCUT2D eigenvalue weighted by Crippen LogP contribution is -2.42. The molecule has 1 aromatic rings. The van der Waals surface area contributed by atoms with E-state index in [1.807, 2.05) is 19.0 Å². The molecule has 0 atom stereocenters. The molecule has 1 heterocycles. The molecule has 0 bridgehead atoms. The molecule has 0 aliphatic rings. The minimum Gasteiger partial charge on any atom is -0.459 e. The summed E-state index contributed by atoms with van der Waals surface area (Å²) in [6, 6.07) is 0. The van der Waals surface area contributed by atoms with Crippen LogP contribution in [0.3, 0.4) is 0 Å². The van der Waals surface area contributed by atoms with Crippen LogP contribution in [0.1, 0.15) is 31.3 Å². The van der Waals surface area contributed by atoms with E-state index in [2.05, 4.69) is 4.98 Å². The quantitative estimate of drug-likeness (QED) is 0.745. The molecule has 7 heteroatoms. The van der Waals surface area contributed by atoms with Crippen LogP contribution in [0.25, 0.3) is 0 Å². The summed E-state index contributed by atoms with van der Waals surface area (Å²) in [4.78, 5) is 31.7. The zero-order valence-electron chi connectivity index (χ0n) is 13.3. The summed E-state index contributed by atoms with van der Waals surface area (Å²) in [7, 11) is 3.83. The molecule has 0 aromatic carbocycles. The molecule has 0 radical (unpaired) electrons. The van der Waals surface area contributed by atoms with Crippen molar-refractivity contribution in [1.82, 2.24) is 14.8 Å². The minimum absolute atomic E-state index is 0.0680. The van der Waals surface area contributed by atoms with Gasteiger partial charge in [0.2, 0.25) is 0 Å². The van der Waals surface area contributed by atoms with Crippen molar-refractivity contribution in [2.45, 2.75) is 26.4 Å². The SMILES string of the molecule is CN(C)CCN(CC(=O)OC(C)(C)C)C(=O)c1cscn1. The number of hydrogen-bond donors (Lipinski definition) is 0. The van der Waals surface area contributed by atoms with E-state index in [9.17, 15) is 9.59 Å². The van der Waals surface area contributed by atoms with Gasteiger partial charge in [0.1, 0.15) is 17.8 Å². The Balaban J connectivity index is 2.73. The van der Waals surface area contributed by atoms with Crippen LogP contribution in [0.2, 0.25) is 0 Å². The molecular weight excluding hydrogens is 290 g/mol. The first-order valence-electron chi connectivity index (χ1n) is 6.73. The van der Waals surface area contributed by atoms with Crippen LogP contribution < -0.4 is 0 Å². The highest BCUT2D eigenvalue weighted by Crippen LogP contribution is 2.10. The van der Waals surface area contributed by atoms with E-state index in [1.165, 1.54) is 16.2 Å². The Morgan fingerprint density at radius 1 is 1.29 bits per heavy atom. The highest BCUT2D eigenvalue weighted by molar-refractivity contribution is 7.07. The molecule has 0 fully saturated rings. The van der Waals surface area contributed by atoms with Gasteiger partial charge in [-0.3, -0.25) is 9.59 Å². The van der Waals surface area contributed by atoms with E-state index in [0.717, 1.165) is 0 Å². The lowest BCUT2D eigenvalue weighted by molar-refractivity contribution is -0.155. The summed E-state index contributed by atoms with van der Waals surface area (Å²) in [5.74, 6) is -0.659. The molecule has 6 nitrogen and oxygen atoms in total. The van der Waals surface area contributed by atoms with Crippen molar-refractivity contribution < 1.29 is 14.3 Å². The van der Waals surface area contributed by atoms with Crippen molar-refractivity contribution in [1.29, 1.82) is 0 Å². The number of amides is 1. The highest BCUT2D eigenvalue weighted by Gasteiger charge is 2.23. The van der Waals surface area contributed by atoms with Gasteiger partial charge >= 0.3 is 5.97 Å². The molecule has 0 unspecified atom stereocenters. The van der Waals surface area contributed by atoms with Gasteiger partial charge < -0.3 is 14.5 Å². The number of nitrogens with zero attached hydrogens (tertiary/aromatic N) is 3. The normalized spacial score (nSPS) is 11.5. The fourth-order valence-corrected chi connectivity index (χ4v) is 2.11. The van der Waals surface area contributed by atoms with Gasteiger partial charge in [0, 0.05) is 18.5 Å². The molecule has 0 aliphatic heterocycles. The van der Waals surface area contributed by atoms with E-state index in [1.54, 1.807) is 31.7 Å². The van der Waals surface area contributed by atoms with Crippen molar-refractivity contribution in [2.24, 2.45) is 0 Å². The number of hydrogen-bond acceptors (Lipinski definition) is 6. The van der Waals surface area contributed by atoms with Crippen molar-refractivity contribution >= 4 is 23.2 Å². The molecule has 0 spiro atoms. The molecule has 0 N–H and O–H groups in total. The van der Waals surface area contributed by atoms with Gasteiger partial charge in [0.15, 0.2) is 0 Å². The number of aromatic nitrogens is 1. The summed E-state index contributed by atoms with van der Waals surface area (Å²) in [6.45, 7) is 6.45. The van der Waals surface area contributed by atoms with Crippen LogP contribution >= 0.6 is 11.3 Å². The van der Waals surface area contributed by atoms with Gasteiger partial charge in [-0.15, -0.1) is 11.3 Å². The molecule has 0 saturated heterocycles. The average Bonchev–Trinajstić information content (AvgIpc) is 2.84. The van der Waals surface area contributed by atoms with E-state index >= 15 is 0 Å². The van der Waals surface area contributed by atoms with Crippen molar-refractivity contribution in [2.75, 3.05) is 33.7 Å². The Labute approximate surface area is 129 Å². The molecule has 21 heavy (non-hydrogen) atoms. The molecule has 0 aliphatic carbocycles. The van der Waals surface area contributed by atoms with E-state index in [4.69, 9.17) is 4.74 Å². The molecule has 1 rings (SSSR count). The fourth-order valence-electron chi connectivity index (χ4n) is 1.58. The van der Waals surface area contributed by atoms with Gasteiger partial charge in [-0.1, -0.05) is 0 Å². The first-order valence-corrected chi connectivity index (χ1v) is 7.67. The zero-order valence-corrected chi connectivity index (χ0v) is 14.1. The number of rotatable bonds is 6. The zero-order chi connectivity index (χ0) is 16.0. The summed E-state index contributed by atoms with van der Waals surface area (Å²) >= 11 is 1.35. The van der Waals surface area contributed by atoms with E-state index in [-0.39, 0.29) is 12.5 Å². The van der Waals surface area contributed by atoms with Crippen LogP contribution in [0, 0.1) is 0 Å². The third-order valence-corrected chi connectivity index (χ3v) is 3.08. The summed E-state index contributed by atoms with van der Waals surface area (Å²) in [5.41, 5.74) is 1.40. The number of thiazole rings is 1. The first-order chi connectivity index (χ1) is 9.69. The van der Waals surface area contributed by atoms with Crippen LogP contribution in [0.15, 0.2) is 10.9 Å². The topological polar surface area (TPSA) is 62.7 Å². The number of esters is 1. The summed E-state index contributed by atoms with van der Waals surface area (Å²) in [6.07, 6.45) is 0. The molecule has 1 aromatic heterocycles. The van der Waals surface area contributed by atoms with Crippen LogP contribution in [-0.2, 0) is 9.53 Å². The van der Waals surface area contributed by atoms with Crippen LogP contribution in [0.5, 0.6) is 0 Å². The summed E-state index contributed by atoms with van der Waals surface area (Å²) < 4.78 is 5.28. The average molecular weight is 313 g/mol. The van der Waals surface area contributed by atoms with E-state index in [0.29, 0.717) is 18.8 Å². The van der Waals surface area contributed by atoms with Gasteiger partial charge in [-0.25, -0.2) is 4.98 Å². The maximum absolute atomic E-state index is 12.4. The third-order valence-electron chi connectivity index (χ3n) is 2.50. The van der Waals surface area contributed by atoms with Gasteiger partial charge in [-0.2, -0.15) is 0 Å². The standard InChI is InChI=1S/C14H23N3O3S/c1-14(2,3)20-12(18)8-17(7-6-16(4)5)13(19)11-9-21-10-15-11/h9-10H,6-8H2,1-5H3. The number of carbonyl (C=O) groups excluding carboxylic acids is 2. The first kappa shape index (κ1) is 17.6. The molecular formula is C14H23N3O3S. The Hall–Kier alpha value is -1.47. The Bertz CT molecular complexity index is 466. The monoisotopic (exact) mass is 313 g/mol. The van der Waals surface area contributed by atoms with Crippen molar-refractivity contribution in [3.8, 4) is 0 Å². The predicted molar refractivity (Wildman–Crippen MR) is 82.4 cm³/mol. The van der Waals surface area contributed by atoms with Gasteiger partial charge in [-0.05, 0) is 34.9 Å². The van der Waals surface area contributed by atoms with Crippen molar-refractivity contribution in [3.63, 3.8) is 0 Å². The van der Waals surface area contributed by atoms with E-state index < -0.39 is 11.6 Å². The fraction of sp³-hybridized carbons (Fsp3) is 0.643. The second-order valence-corrected chi connectivity index (χ2v) is 6.71. The van der Waals surface area contributed by atoms with Crippen LogP contribution in [-0.4, -0.2) is 66.0 Å². The minimum atomic E-state index is -0.562. The number of likely N-dealkylation sites (N-methyl/N-ethyl adjacent to an activating group) is 1.